The lowest BCUT2D eigenvalue weighted by Crippen LogP contribution is -2.47. The van der Waals surface area contributed by atoms with Gasteiger partial charge in [-0.15, -0.1) is 0 Å². The van der Waals surface area contributed by atoms with Crippen LogP contribution in [-0.4, -0.2) is 42.0 Å². The number of hydrogen-bond acceptors (Lipinski definition) is 6. The van der Waals surface area contributed by atoms with Crippen molar-refractivity contribution in [3.05, 3.63) is 77.9 Å². The number of benzene rings is 2. The lowest BCUT2D eigenvalue weighted by atomic mass is 9.94. The fourth-order valence-corrected chi connectivity index (χ4v) is 4.59. The first kappa shape index (κ1) is 25.2. The van der Waals surface area contributed by atoms with Crippen molar-refractivity contribution < 1.29 is 19.1 Å². The molecule has 2 aromatic carbocycles. The van der Waals surface area contributed by atoms with Crippen LogP contribution in [0.25, 0.3) is 0 Å². The molecule has 8 nitrogen and oxygen atoms in total. The first-order valence-electron chi connectivity index (χ1n) is 12.2. The molecule has 0 aliphatic heterocycles. The Kier molecular flexibility index (Phi) is 8.15. The molecule has 4 rings (SSSR count). The monoisotopic (exact) mass is 488 g/mol. The standard InChI is InChI=1S/C28H32N4O4/c1-19-9-12-22(13-10-19)32(28(34)23-18-29-15-16-30-23)26(27(33)31-21-7-5-4-6-8-21)20-11-14-24(35-2)25(17-20)36-3/h9-18,21,26H,4-8H2,1-3H3,(H,31,33). The van der Waals surface area contributed by atoms with Gasteiger partial charge in [0.15, 0.2) is 11.5 Å². The number of carbonyl (C=O) groups is 2. The lowest BCUT2D eigenvalue weighted by molar-refractivity contribution is -0.123. The van der Waals surface area contributed by atoms with E-state index >= 15 is 0 Å². The highest BCUT2D eigenvalue weighted by molar-refractivity contribution is 6.09. The van der Waals surface area contributed by atoms with Gasteiger partial charge >= 0.3 is 0 Å². The van der Waals surface area contributed by atoms with Crippen LogP contribution in [-0.2, 0) is 4.79 Å². The van der Waals surface area contributed by atoms with Gasteiger partial charge in [-0.05, 0) is 49.6 Å². The van der Waals surface area contributed by atoms with Crippen molar-refractivity contribution in [3.63, 3.8) is 0 Å². The molecule has 1 atom stereocenters. The third-order valence-electron chi connectivity index (χ3n) is 6.49. The number of amides is 2. The molecule has 1 aliphatic carbocycles. The maximum Gasteiger partial charge on any atom is 0.279 e. The molecule has 1 unspecified atom stereocenters. The zero-order valence-electron chi connectivity index (χ0n) is 20.9. The maximum absolute atomic E-state index is 14.0. The van der Waals surface area contributed by atoms with E-state index in [9.17, 15) is 9.59 Å². The van der Waals surface area contributed by atoms with Crippen LogP contribution in [0, 0.1) is 6.92 Å². The van der Waals surface area contributed by atoms with E-state index in [0.29, 0.717) is 22.7 Å². The number of hydrogen-bond donors (Lipinski definition) is 1. The molecule has 1 aliphatic rings. The van der Waals surface area contributed by atoms with Gasteiger partial charge in [0, 0.05) is 24.1 Å². The summed E-state index contributed by atoms with van der Waals surface area (Å²) in [7, 11) is 3.10. The summed E-state index contributed by atoms with van der Waals surface area (Å²) in [6.45, 7) is 1.97. The number of nitrogens with one attached hydrogen (secondary N) is 1. The van der Waals surface area contributed by atoms with E-state index in [2.05, 4.69) is 15.3 Å². The van der Waals surface area contributed by atoms with Crippen molar-refractivity contribution >= 4 is 17.5 Å². The van der Waals surface area contributed by atoms with Gasteiger partial charge in [-0.1, -0.05) is 43.0 Å². The van der Waals surface area contributed by atoms with E-state index in [1.165, 1.54) is 29.9 Å². The van der Waals surface area contributed by atoms with Gasteiger partial charge in [0.25, 0.3) is 5.91 Å². The Balaban J connectivity index is 1.84. The Morgan fingerprint density at radius 1 is 0.972 bits per heavy atom. The average Bonchev–Trinajstić information content (AvgIpc) is 2.92. The van der Waals surface area contributed by atoms with Crippen molar-refractivity contribution in [1.29, 1.82) is 0 Å². The minimum absolute atomic E-state index is 0.0698. The fraction of sp³-hybridized carbons (Fsp3) is 0.357. The van der Waals surface area contributed by atoms with Crippen molar-refractivity contribution in [2.24, 2.45) is 0 Å². The number of aryl methyl sites for hydroxylation is 1. The third kappa shape index (κ3) is 5.64. The Labute approximate surface area is 211 Å². The zero-order valence-corrected chi connectivity index (χ0v) is 20.9. The predicted molar refractivity (Wildman–Crippen MR) is 137 cm³/mol. The molecule has 0 saturated heterocycles. The maximum atomic E-state index is 14.0. The van der Waals surface area contributed by atoms with Gasteiger partial charge in [0.2, 0.25) is 5.91 Å². The van der Waals surface area contributed by atoms with Gasteiger partial charge in [0.1, 0.15) is 11.7 Å². The number of rotatable bonds is 8. The molecule has 2 amide bonds. The number of methoxy groups -OCH3 is 2. The summed E-state index contributed by atoms with van der Waals surface area (Å²) in [6, 6.07) is 11.9. The molecule has 0 radical (unpaired) electrons. The fourth-order valence-electron chi connectivity index (χ4n) is 4.59. The second-order valence-corrected chi connectivity index (χ2v) is 8.96. The van der Waals surface area contributed by atoms with Crippen LogP contribution in [0.2, 0.25) is 0 Å². The van der Waals surface area contributed by atoms with Crippen molar-refractivity contribution in [2.45, 2.75) is 51.1 Å². The minimum Gasteiger partial charge on any atom is -0.493 e. The SMILES string of the molecule is COc1ccc(C(C(=O)NC2CCCCC2)N(C(=O)c2cnccn2)c2ccc(C)cc2)cc1OC. The van der Waals surface area contributed by atoms with Crippen LogP contribution in [0.15, 0.2) is 61.1 Å². The van der Waals surface area contributed by atoms with Gasteiger partial charge in [0.05, 0.1) is 20.4 Å². The van der Waals surface area contributed by atoms with Crippen LogP contribution in [0.4, 0.5) is 5.69 Å². The Bertz CT molecular complexity index is 1180. The second-order valence-electron chi connectivity index (χ2n) is 8.96. The summed E-state index contributed by atoms with van der Waals surface area (Å²) in [5, 5.41) is 3.21. The number of nitrogens with zero attached hydrogens (tertiary/aromatic N) is 3. The van der Waals surface area contributed by atoms with Crippen molar-refractivity contribution in [3.8, 4) is 11.5 Å². The molecule has 1 saturated carbocycles. The van der Waals surface area contributed by atoms with Gasteiger partial charge in [-0.25, -0.2) is 4.98 Å². The first-order chi connectivity index (χ1) is 17.5. The highest BCUT2D eigenvalue weighted by Crippen LogP contribution is 2.35. The van der Waals surface area contributed by atoms with Crippen LogP contribution in [0.3, 0.4) is 0 Å². The number of carbonyl (C=O) groups excluding carboxylic acids is 2. The van der Waals surface area contributed by atoms with E-state index in [4.69, 9.17) is 9.47 Å². The molecule has 1 fully saturated rings. The number of ether oxygens (including phenoxy) is 2. The molecule has 1 heterocycles. The summed E-state index contributed by atoms with van der Waals surface area (Å²) >= 11 is 0. The summed E-state index contributed by atoms with van der Waals surface area (Å²) < 4.78 is 10.9. The molecule has 1 aromatic heterocycles. The van der Waals surface area contributed by atoms with Crippen LogP contribution in [0.1, 0.15) is 59.8 Å². The molecule has 188 valence electrons. The highest BCUT2D eigenvalue weighted by Gasteiger charge is 2.35. The quantitative estimate of drug-likeness (QED) is 0.497. The van der Waals surface area contributed by atoms with E-state index in [0.717, 1.165) is 31.2 Å². The van der Waals surface area contributed by atoms with Crippen LogP contribution >= 0.6 is 0 Å². The minimum atomic E-state index is -0.969. The van der Waals surface area contributed by atoms with Crippen molar-refractivity contribution in [2.75, 3.05) is 19.1 Å². The summed E-state index contributed by atoms with van der Waals surface area (Å²) in [5.74, 6) is 0.327. The number of aromatic nitrogens is 2. The molecule has 1 N–H and O–H groups in total. The molecule has 8 heteroatoms. The zero-order chi connectivity index (χ0) is 25.5. The number of anilines is 1. The smallest absolute Gasteiger partial charge is 0.279 e. The largest absolute Gasteiger partial charge is 0.493 e. The van der Waals surface area contributed by atoms with Gasteiger partial charge < -0.3 is 14.8 Å². The van der Waals surface area contributed by atoms with E-state index in [-0.39, 0.29) is 17.6 Å². The molecule has 3 aromatic rings. The molecule has 36 heavy (non-hydrogen) atoms. The summed E-state index contributed by atoms with van der Waals surface area (Å²) in [5.41, 5.74) is 2.36. The normalized spacial score (nSPS) is 14.5. The summed E-state index contributed by atoms with van der Waals surface area (Å²) in [6.07, 6.45) is 9.56. The molecule has 0 bridgehead atoms. The topological polar surface area (TPSA) is 93.7 Å². The highest BCUT2D eigenvalue weighted by atomic mass is 16.5. The molecular weight excluding hydrogens is 456 g/mol. The Morgan fingerprint density at radius 3 is 2.33 bits per heavy atom. The molecular formula is C28H32N4O4. The Hall–Kier alpha value is -3.94. The Morgan fingerprint density at radius 2 is 1.69 bits per heavy atom. The summed E-state index contributed by atoms with van der Waals surface area (Å²) in [4.78, 5) is 37.7. The third-order valence-corrected chi connectivity index (χ3v) is 6.49. The second kappa shape index (κ2) is 11.7. The van der Waals surface area contributed by atoms with Gasteiger partial charge in [-0.2, -0.15) is 0 Å². The van der Waals surface area contributed by atoms with E-state index < -0.39 is 11.9 Å². The predicted octanol–water partition coefficient (Wildman–Crippen LogP) is 4.64. The van der Waals surface area contributed by atoms with E-state index in [1.807, 2.05) is 31.2 Å². The molecule has 0 spiro atoms. The van der Waals surface area contributed by atoms with E-state index in [1.54, 1.807) is 32.4 Å². The average molecular weight is 489 g/mol. The first-order valence-corrected chi connectivity index (χ1v) is 12.2. The van der Waals surface area contributed by atoms with Crippen LogP contribution in [0.5, 0.6) is 11.5 Å². The van der Waals surface area contributed by atoms with Crippen molar-refractivity contribution in [1.82, 2.24) is 15.3 Å². The lowest BCUT2D eigenvalue weighted by Gasteiger charge is -2.33. The van der Waals surface area contributed by atoms with Gasteiger partial charge in [-0.3, -0.25) is 19.5 Å². The van der Waals surface area contributed by atoms with Crippen LogP contribution < -0.4 is 19.7 Å².